The summed E-state index contributed by atoms with van der Waals surface area (Å²) in [5, 5.41) is 0. The van der Waals surface area contributed by atoms with Crippen molar-refractivity contribution in [3.63, 3.8) is 0 Å². The number of furan rings is 1. The first-order valence-corrected chi connectivity index (χ1v) is 5.55. The second-order valence-electron chi connectivity index (χ2n) is 4.46. The van der Waals surface area contributed by atoms with Gasteiger partial charge in [-0.3, -0.25) is 0 Å². The van der Waals surface area contributed by atoms with E-state index in [0.29, 0.717) is 12.5 Å². The molecule has 1 aromatic rings. The molecule has 0 bridgehead atoms. The molecule has 84 valence electrons. The molecule has 0 aliphatic heterocycles. The second kappa shape index (κ2) is 4.37. The number of hydrogen-bond acceptors (Lipinski definition) is 3. The highest BCUT2D eigenvalue weighted by Crippen LogP contribution is 2.41. The van der Waals surface area contributed by atoms with Gasteiger partial charge < -0.3 is 14.9 Å². The van der Waals surface area contributed by atoms with Gasteiger partial charge in [-0.1, -0.05) is 6.92 Å². The Hall–Kier alpha value is -0.800. The monoisotopic (exact) mass is 209 g/mol. The van der Waals surface area contributed by atoms with Gasteiger partial charge in [0, 0.05) is 7.11 Å². The molecule has 0 spiro atoms. The van der Waals surface area contributed by atoms with Gasteiger partial charge in [-0.2, -0.15) is 0 Å². The molecule has 0 aromatic carbocycles. The second-order valence-corrected chi connectivity index (χ2v) is 4.46. The Labute approximate surface area is 90.6 Å². The van der Waals surface area contributed by atoms with Crippen LogP contribution in [-0.4, -0.2) is 7.11 Å². The molecule has 0 radical (unpaired) electrons. The maximum absolute atomic E-state index is 6.15. The molecule has 0 amide bonds. The van der Waals surface area contributed by atoms with E-state index in [9.17, 15) is 0 Å². The zero-order valence-corrected chi connectivity index (χ0v) is 9.40. The van der Waals surface area contributed by atoms with Gasteiger partial charge >= 0.3 is 0 Å². The van der Waals surface area contributed by atoms with Crippen molar-refractivity contribution in [2.75, 3.05) is 7.11 Å². The third kappa shape index (κ3) is 2.41. The van der Waals surface area contributed by atoms with E-state index in [2.05, 4.69) is 6.92 Å². The van der Waals surface area contributed by atoms with Gasteiger partial charge in [0.05, 0.1) is 6.04 Å². The summed E-state index contributed by atoms with van der Waals surface area (Å²) >= 11 is 0. The van der Waals surface area contributed by atoms with E-state index in [0.717, 1.165) is 17.4 Å². The van der Waals surface area contributed by atoms with Crippen molar-refractivity contribution in [3.05, 3.63) is 23.7 Å². The zero-order chi connectivity index (χ0) is 10.8. The minimum Gasteiger partial charge on any atom is -0.462 e. The van der Waals surface area contributed by atoms with Crippen molar-refractivity contribution < 1.29 is 9.15 Å². The molecular weight excluding hydrogens is 190 g/mol. The molecule has 1 aliphatic rings. The van der Waals surface area contributed by atoms with Crippen molar-refractivity contribution in [1.29, 1.82) is 0 Å². The van der Waals surface area contributed by atoms with Gasteiger partial charge in [0.1, 0.15) is 18.1 Å². The Morgan fingerprint density at radius 2 is 2.27 bits per heavy atom. The summed E-state index contributed by atoms with van der Waals surface area (Å²) in [6.45, 7) is 2.73. The Bertz CT molecular complexity index is 317. The van der Waals surface area contributed by atoms with E-state index in [-0.39, 0.29) is 6.04 Å². The molecule has 1 heterocycles. The summed E-state index contributed by atoms with van der Waals surface area (Å²) in [6, 6.07) is 3.94. The van der Waals surface area contributed by atoms with Crippen molar-refractivity contribution in [2.45, 2.75) is 32.4 Å². The van der Waals surface area contributed by atoms with E-state index in [4.69, 9.17) is 14.9 Å². The first-order valence-electron chi connectivity index (χ1n) is 5.55. The maximum Gasteiger partial charge on any atom is 0.129 e. The standard InChI is InChI=1S/C12H19NO2/c1-8(9-3-4-9)12(13)11-6-5-10(15-11)7-14-2/h5-6,8-9,12H,3-4,7,13H2,1-2H3. The van der Waals surface area contributed by atoms with E-state index in [1.165, 1.54) is 12.8 Å². The molecule has 2 unspecified atom stereocenters. The molecule has 2 atom stereocenters. The fraction of sp³-hybridized carbons (Fsp3) is 0.667. The number of nitrogens with two attached hydrogens (primary N) is 1. The van der Waals surface area contributed by atoms with E-state index in [1.54, 1.807) is 7.11 Å². The quantitative estimate of drug-likeness (QED) is 0.810. The lowest BCUT2D eigenvalue weighted by Crippen LogP contribution is -2.19. The smallest absolute Gasteiger partial charge is 0.129 e. The highest BCUT2D eigenvalue weighted by molar-refractivity contribution is 5.11. The van der Waals surface area contributed by atoms with Crippen LogP contribution < -0.4 is 5.73 Å². The molecule has 0 saturated heterocycles. The van der Waals surface area contributed by atoms with Crippen LogP contribution in [0.4, 0.5) is 0 Å². The van der Waals surface area contributed by atoms with E-state index >= 15 is 0 Å². The van der Waals surface area contributed by atoms with Crippen LogP contribution in [0.1, 0.15) is 37.3 Å². The molecule has 1 aromatic heterocycles. The fourth-order valence-electron chi connectivity index (χ4n) is 1.97. The van der Waals surface area contributed by atoms with Crippen LogP contribution in [0.2, 0.25) is 0 Å². The molecule has 1 aliphatic carbocycles. The molecular formula is C12H19NO2. The first kappa shape index (κ1) is 10.7. The summed E-state index contributed by atoms with van der Waals surface area (Å²) < 4.78 is 10.6. The molecule has 3 heteroatoms. The first-order chi connectivity index (χ1) is 7.22. The predicted molar refractivity (Wildman–Crippen MR) is 58.2 cm³/mol. The number of rotatable bonds is 5. The van der Waals surface area contributed by atoms with E-state index < -0.39 is 0 Å². The van der Waals surface area contributed by atoms with Crippen molar-refractivity contribution in [2.24, 2.45) is 17.6 Å². The molecule has 1 saturated carbocycles. The largest absolute Gasteiger partial charge is 0.462 e. The molecule has 1 fully saturated rings. The molecule has 2 rings (SSSR count). The number of ether oxygens (including phenoxy) is 1. The third-order valence-corrected chi connectivity index (χ3v) is 3.23. The SMILES string of the molecule is COCc1ccc(C(N)C(C)C2CC2)o1. The van der Waals surface area contributed by atoms with Crippen LogP contribution >= 0.6 is 0 Å². The fourth-order valence-corrected chi connectivity index (χ4v) is 1.97. The van der Waals surface area contributed by atoms with Gasteiger partial charge in [0.2, 0.25) is 0 Å². The molecule has 2 N–H and O–H groups in total. The maximum atomic E-state index is 6.15. The summed E-state index contributed by atoms with van der Waals surface area (Å²) in [7, 11) is 1.66. The van der Waals surface area contributed by atoms with Gasteiger partial charge in [-0.25, -0.2) is 0 Å². The molecule has 3 nitrogen and oxygen atoms in total. The Kier molecular flexibility index (Phi) is 3.12. The summed E-state index contributed by atoms with van der Waals surface area (Å²) in [5.74, 6) is 3.06. The van der Waals surface area contributed by atoms with Crippen LogP contribution in [0.5, 0.6) is 0 Å². The van der Waals surface area contributed by atoms with Gasteiger partial charge in [-0.15, -0.1) is 0 Å². The van der Waals surface area contributed by atoms with Crippen molar-refractivity contribution in [3.8, 4) is 0 Å². The van der Waals surface area contributed by atoms with Crippen LogP contribution in [-0.2, 0) is 11.3 Å². The van der Waals surface area contributed by atoms with Crippen molar-refractivity contribution in [1.82, 2.24) is 0 Å². The van der Waals surface area contributed by atoms with Crippen LogP contribution in [0.3, 0.4) is 0 Å². The minimum atomic E-state index is 0.0307. The lowest BCUT2D eigenvalue weighted by molar-refractivity contribution is 0.160. The predicted octanol–water partition coefficient (Wildman–Crippen LogP) is 2.47. The zero-order valence-electron chi connectivity index (χ0n) is 9.40. The Morgan fingerprint density at radius 1 is 1.53 bits per heavy atom. The lowest BCUT2D eigenvalue weighted by Gasteiger charge is -2.16. The normalized spacial score (nSPS) is 20.2. The highest BCUT2D eigenvalue weighted by Gasteiger charge is 2.33. The summed E-state index contributed by atoms with van der Waals surface area (Å²) in [6.07, 6.45) is 2.64. The number of methoxy groups -OCH3 is 1. The van der Waals surface area contributed by atoms with Gasteiger partial charge in [0.25, 0.3) is 0 Å². The summed E-state index contributed by atoms with van der Waals surface area (Å²) in [5.41, 5.74) is 6.15. The Balaban J connectivity index is 2.00. The lowest BCUT2D eigenvalue weighted by atomic mass is 9.96. The average Bonchev–Trinajstić information content (AvgIpc) is 2.98. The van der Waals surface area contributed by atoms with Gasteiger partial charge in [0.15, 0.2) is 0 Å². The molecule has 15 heavy (non-hydrogen) atoms. The Morgan fingerprint density at radius 3 is 2.87 bits per heavy atom. The minimum absolute atomic E-state index is 0.0307. The van der Waals surface area contributed by atoms with Crippen LogP contribution in [0.25, 0.3) is 0 Å². The van der Waals surface area contributed by atoms with Crippen molar-refractivity contribution >= 4 is 0 Å². The highest BCUT2D eigenvalue weighted by atomic mass is 16.5. The van der Waals surface area contributed by atoms with E-state index in [1.807, 2.05) is 12.1 Å². The van der Waals surface area contributed by atoms with Gasteiger partial charge in [-0.05, 0) is 36.8 Å². The number of hydrogen-bond donors (Lipinski definition) is 1. The average molecular weight is 209 g/mol. The van der Waals surface area contributed by atoms with Crippen LogP contribution in [0.15, 0.2) is 16.5 Å². The summed E-state index contributed by atoms with van der Waals surface area (Å²) in [4.78, 5) is 0. The third-order valence-electron chi connectivity index (χ3n) is 3.23. The van der Waals surface area contributed by atoms with Crippen LogP contribution in [0, 0.1) is 11.8 Å². The topological polar surface area (TPSA) is 48.4 Å².